The number of anilines is 1. The molecule has 0 fully saturated rings. The van der Waals surface area contributed by atoms with Gasteiger partial charge in [0, 0.05) is 22.7 Å². The van der Waals surface area contributed by atoms with Gasteiger partial charge in [-0.1, -0.05) is 34.4 Å². The summed E-state index contributed by atoms with van der Waals surface area (Å²) in [6, 6.07) is 6.75. The van der Waals surface area contributed by atoms with Crippen molar-refractivity contribution in [3.05, 3.63) is 45.6 Å². The van der Waals surface area contributed by atoms with Crippen molar-refractivity contribution in [3.8, 4) is 0 Å². The van der Waals surface area contributed by atoms with E-state index in [0.717, 1.165) is 5.56 Å². The van der Waals surface area contributed by atoms with Crippen molar-refractivity contribution in [2.75, 3.05) is 11.9 Å². The second-order valence-corrected chi connectivity index (χ2v) is 5.73. The third kappa shape index (κ3) is 5.58. The molecule has 0 spiro atoms. The zero-order valence-electron chi connectivity index (χ0n) is 12.4. The third-order valence-corrected chi connectivity index (χ3v) is 3.54. The van der Waals surface area contributed by atoms with Gasteiger partial charge in [-0.15, -0.1) is 0 Å². The molecule has 1 aromatic heterocycles. The van der Waals surface area contributed by atoms with E-state index in [9.17, 15) is 9.59 Å². The molecule has 0 radical (unpaired) electrons. The monoisotopic (exact) mass is 355 g/mol. The van der Waals surface area contributed by atoms with Crippen LogP contribution in [0.25, 0.3) is 0 Å². The lowest BCUT2D eigenvalue weighted by Gasteiger charge is -2.07. The molecule has 0 aliphatic heterocycles. The van der Waals surface area contributed by atoms with E-state index in [1.54, 1.807) is 31.2 Å². The smallest absolute Gasteiger partial charge is 0.235 e. The molecule has 122 valence electrons. The van der Waals surface area contributed by atoms with Crippen LogP contribution in [0.1, 0.15) is 17.7 Å². The fraction of sp³-hybridized carbons (Fsp3) is 0.267. The largest absolute Gasteiger partial charge is 0.360 e. The number of nitrogens with one attached hydrogen (secondary N) is 2. The number of rotatable bonds is 6. The normalized spacial score (nSPS) is 10.4. The summed E-state index contributed by atoms with van der Waals surface area (Å²) in [5.74, 6) is 0.0194. The Morgan fingerprint density at radius 2 is 2.00 bits per heavy atom. The summed E-state index contributed by atoms with van der Waals surface area (Å²) < 4.78 is 4.82. The van der Waals surface area contributed by atoms with Crippen LogP contribution in [0.5, 0.6) is 0 Å². The summed E-state index contributed by atoms with van der Waals surface area (Å²) in [6.07, 6.45) is 0.256. The van der Waals surface area contributed by atoms with Crippen molar-refractivity contribution < 1.29 is 14.1 Å². The second-order valence-electron chi connectivity index (χ2n) is 4.88. The Bertz CT molecular complexity index is 716. The number of hydrogen-bond donors (Lipinski definition) is 2. The van der Waals surface area contributed by atoms with Gasteiger partial charge in [0.05, 0.1) is 0 Å². The number of halogens is 2. The van der Waals surface area contributed by atoms with E-state index in [-0.39, 0.29) is 18.1 Å². The number of amides is 2. The number of hydrogen-bond acceptors (Lipinski definition) is 4. The van der Waals surface area contributed by atoms with Crippen LogP contribution in [0.4, 0.5) is 5.82 Å². The fourth-order valence-corrected chi connectivity index (χ4v) is 2.38. The van der Waals surface area contributed by atoms with Crippen LogP contribution < -0.4 is 10.6 Å². The van der Waals surface area contributed by atoms with Crippen molar-refractivity contribution >= 4 is 40.8 Å². The maximum absolute atomic E-state index is 11.7. The van der Waals surface area contributed by atoms with Crippen LogP contribution in [0.3, 0.4) is 0 Å². The number of carbonyl (C=O) groups excluding carboxylic acids is 2. The van der Waals surface area contributed by atoms with Gasteiger partial charge in [-0.2, -0.15) is 0 Å². The molecule has 2 rings (SSSR count). The lowest BCUT2D eigenvalue weighted by molar-refractivity contribution is -0.126. The average Bonchev–Trinajstić information content (AvgIpc) is 2.86. The molecular weight excluding hydrogens is 341 g/mol. The number of carbonyl (C=O) groups is 2. The molecule has 1 heterocycles. The molecule has 1 aromatic carbocycles. The molecule has 2 amide bonds. The van der Waals surface area contributed by atoms with Gasteiger partial charge >= 0.3 is 0 Å². The topological polar surface area (TPSA) is 84.2 Å². The first kappa shape index (κ1) is 17.3. The maximum Gasteiger partial charge on any atom is 0.235 e. The molecular formula is C15H15Cl2N3O3. The minimum absolute atomic E-state index is 0.285. The van der Waals surface area contributed by atoms with Gasteiger partial charge in [0.25, 0.3) is 0 Å². The van der Waals surface area contributed by atoms with Crippen LogP contribution in [-0.2, 0) is 16.0 Å². The maximum atomic E-state index is 11.7. The Labute approximate surface area is 143 Å². The number of benzene rings is 1. The average molecular weight is 356 g/mol. The highest BCUT2D eigenvalue weighted by molar-refractivity contribution is 6.35. The number of nitrogens with zero attached hydrogens (tertiary/aromatic N) is 1. The van der Waals surface area contributed by atoms with E-state index >= 15 is 0 Å². The zero-order valence-corrected chi connectivity index (χ0v) is 13.9. The molecule has 6 nitrogen and oxygen atoms in total. The molecule has 0 unspecified atom stereocenters. The summed E-state index contributed by atoms with van der Waals surface area (Å²) in [6.45, 7) is 2.08. The first-order valence-electron chi connectivity index (χ1n) is 6.88. The Morgan fingerprint density at radius 1 is 1.22 bits per heavy atom. The van der Waals surface area contributed by atoms with Crippen molar-refractivity contribution in [3.63, 3.8) is 0 Å². The summed E-state index contributed by atoms with van der Waals surface area (Å²) in [4.78, 5) is 23.4. The Morgan fingerprint density at radius 3 is 2.65 bits per heavy atom. The van der Waals surface area contributed by atoms with E-state index in [4.69, 9.17) is 27.7 Å². The van der Waals surface area contributed by atoms with Gasteiger partial charge in [0.1, 0.15) is 12.2 Å². The lowest BCUT2D eigenvalue weighted by atomic mass is 10.1. The second kappa shape index (κ2) is 7.99. The minimum Gasteiger partial charge on any atom is -0.360 e. The van der Waals surface area contributed by atoms with Crippen LogP contribution in [0.15, 0.2) is 28.8 Å². The first-order valence-corrected chi connectivity index (χ1v) is 7.63. The molecule has 0 saturated carbocycles. The number of aryl methyl sites for hydroxylation is 1. The number of aromatic nitrogens is 1. The molecule has 0 aliphatic carbocycles. The van der Waals surface area contributed by atoms with Crippen molar-refractivity contribution in [1.82, 2.24) is 10.5 Å². The fourth-order valence-electron chi connectivity index (χ4n) is 1.88. The van der Waals surface area contributed by atoms with E-state index in [1.165, 1.54) is 0 Å². The molecule has 0 bridgehead atoms. The van der Waals surface area contributed by atoms with Gasteiger partial charge < -0.3 is 15.2 Å². The summed E-state index contributed by atoms with van der Waals surface area (Å²) in [5, 5.41) is 9.86. The highest BCUT2D eigenvalue weighted by Gasteiger charge is 2.11. The molecule has 0 aliphatic rings. The van der Waals surface area contributed by atoms with E-state index in [2.05, 4.69) is 15.8 Å². The highest BCUT2D eigenvalue weighted by Crippen LogP contribution is 2.21. The van der Waals surface area contributed by atoms with Crippen LogP contribution in [0.2, 0.25) is 10.0 Å². The van der Waals surface area contributed by atoms with Gasteiger partial charge in [-0.25, -0.2) is 0 Å². The summed E-state index contributed by atoms with van der Waals surface area (Å²) in [5.41, 5.74) is 0.874. The Hall–Kier alpha value is -2.05. The van der Waals surface area contributed by atoms with Crippen LogP contribution in [-0.4, -0.2) is 23.5 Å². The molecule has 2 N–H and O–H groups in total. The van der Waals surface area contributed by atoms with E-state index in [0.29, 0.717) is 28.8 Å². The molecule has 23 heavy (non-hydrogen) atoms. The third-order valence-electron chi connectivity index (χ3n) is 2.95. The SMILES string of the molecule is Cc1cc(NC(=O)CC(=O)NCCc2ccc(Cl)cc2Cl)no1. The van der Waals surface area contributed by atoms with Gasteiger partial charge in [0.2, 0.25) is 11.8 Å². The van der Waals surface area contributed by atoms with Gasteiger partial charge in [-0.3, -0.25) is 9.59 Å². The Kier molecular flexibility index (Phi) is 6.01. The minimum atomic E-state index is -0.458. The molecule has 8 heteroatoms. The lowest BCUT2D eigenvalue weighted by Crippen LogP contribution is -2.29. The first-order chi connectivity index (χ1) is 10.9. The van der Waals surface area contributed by atoms with Crippen molar-refractivity contribution in [2.45, 2.75) is 19.8 Å². The highest BCUT2D eigenvalue weighted by atomic mass is 35.5. The van der Waals surface area contributed by atoms with Crippen molar-refractivity contribution in [2.24, 2.45) is 0 Å². The van der Waals surface area contributed by atoms with Crippen LogP contribution >= 0.6 is 23.2 Å². The molecule has 0 atom stereocenters. The Balaban J connectivity index is 1.73. The standard InChI is InChI=1S/C15H15Cl2N3O3/c1-9-6-13(20-23-9)19-15(22)8-14(21)18-5-4-10-2-3-11(16)7-12(10)17/h2-3,6-7H,4-5,8H2,1H3,(H,18,21)(H,19,20,22). The van der Waals surface area contributed by atoms with E-state index in [1.807, 2.05) is 0 Å². The van der Waals surface area contributed by atoms with Gasteiger partial charge in [0.15, 0.2) is 5.82 Å². The van der Waals surface area contributed by atoms with E-state index < -0.39 is 5.91 Å². The van der Waals surface area contributed by atoms with Crippen molar-refractivity contribution in [1.29, 1.82) is 0 Å². The predicted molar refractivity (Wildman–Crippen MR) is 87.7 cm³/mol. The molecule has 2 aromatic rings. The molecule has 0 saturated heterocycles. The zero-order chi connectivity index (χ0) is 16.8. The van der Waals surface area contributed by atoms with Gasteiger partial charge in [-0.05, 0) is 31.0 Å². The summed E-state index contributed by atoms with van der Waals surface area (Å²) >= 11 is 11.9. The quantitative estimate of drug-likeness (QED) is 0.780. The predicted octanol–water partition coefficient (Wildman–Crippen LogP) is 2.98. The van der Waals surface area contributed by atoms with Crippen LogP contribution in [0, 0.1) is 6.92 Å². The summed E-state index contributed by atoms with van der Waals surface area (Å²) in [7, 11) is 0.